The third kappa shape index (κ3) is 4.77. The molecule has 0 aliphatic rings. The van der Waals surface area contributed by atoms with Crippen molar-refractivity contribution in [1.82, 2.24) is 24.8 Å². The highest BCUT2D eigenvalue weighted by Crippen LogP contribution is 2.29. The summed E-state index contributed by atoms with van der Waals surface area (Å²) >= 11 is 0. The second-order valence-corrected chi connectivity index (χ2v) is 7.55. The molecular formula is C25H28N6O. The predicted molar refractivity (Wildman–Crippen MR) is 128 cm³/mol. The lowest BCUT2D eigenvalue weighted by Gasteiger charge is -2.23. The number of nitrogens with zero attached hydrogens (tertiary/aromatic N) is 5. The first kappa shape index (κ1) is 21.5. The fraction of sp³-hybridized carbons (Fsp3) is 0.280. The van der Waals surface area contributed by atoms with E-state index in [0.29, 0.717) is 12.1 Å². The Labute approximate surface area is 188 Å². The largest absolute Gasteiger partial charge is 0.355 e. The van der Waals surface area contributed by atoms with Gasteiger partial charge in [0.15, 0.2) is 5.82 Å². The number of hydrogen-bond acceptors (Lipinski definition) is 5. The lowest BCUT2D eigenvalue weighted by atomic mass is 10.1. The van der Waals surface area contributed by atoms with Crippen molar-refractivity contribution < 1.29 is 4.79 Å². The van der Waals surface area contributed by atoms with E-state index in [1.807, 2.05) is 47.2 Å². The minimum absolute atomic E-state index is 0.101. The number of nitrogens with one attached hydrogen (secondary N) is 1. The Morgan fingerprint density at radius 3 is 2.56 bits per heavy atom. The van der Waals surface area contributed by atoms with Crippen LogP contribution in [0.2, 0.25) is 0 Å². The minimum atomic E-state index is -0.101. The molecule has 164 valence electrons. The average molecular weight is 429 g/mol. The number of fused-ring (bicyclic) bond motifs is 1. The maximum absolute atomic E-state index is 12.7. The third-order valence-corrected chi connectivity index (χ3v) is 5.46. The molecule has 0 aliphatic heterocycles. The molecule has 0 spiro atoms. The van der Waals surface area contributed by atoms with Gasteiger partial charge in [0.1, 0.15) is 5.69 Å². The first-order valence-corrected chi connectivity index (χ1v) is 11.1. The summed E-state index contributed by atoms with van der Waals surface area (Å²) in [5.74, 6) is 0.738. The molecule has 0 radical (unpaired) electrons. The fourth-order valence-corrected chi connectivity index (χ4v) is 3.70. The Kier molecular flexibility index (Phi) is 6.75. The molecule has 0 unspecified atom stereocenters. The van der Waals surface area contributed by atoms with Crippen LogP contribution in [0.5, 0.6) is 0 Å². The van der Waals surface area contributed by atoms with Crippen LogP contribution < -0.4 is 10.2 Å². The van der Waals surface area contributed by atoms with Gasteiger partial charge in [0, 0.05) is 49.7 Å². The number of hydrogen-bond donors (Lipinski definition) is 1. The van der Waals surface area contributed by atoms with Gasteiger partial charge in [-0.2, -0.15) is 0 Å². The maximum Gasteiger partial charge on any atom is 0.251 e. The summed E-state index contributed by atoms with van der Waals surface area (Å²) in [7, 11) is 0. The number of imidazole rings is 1. The van der Waals surface area contributed by atoms with Crippen LogP contribution in [0.1, 0.15) is 30.6 Å². The summed E-state index contributed by atoms with van der Waals surface area (Å²) in [4.78, 5) is 28.8. The average Bonchev–Trinajstić information content (AvgIpc) is 3.36. The number of amides is 1. The van der Waals surface area contributed by atoms with Crippen LogP contribution in [0.25, 0.3) is 22.3 Å². The number of carbonyl (C=O) groups is 1. The van der Waals surface area contributed by atoms with Crippen molar-refractivity contribution in [2.24, 2.45) is 0 Å². The summed E-state index contributed by atoms with van der Waals surface area (Å²) in [6.45, 7) is 7.29. The van der Waals surface area contributed by atoms with E-state index in [2.05, 4.69) is 41.2 Å². The normalized spacial score (nSPS) is 10.9. The van der Waals surface area contributed by atoms with Gasteiger partial charge in [0.05, 0.1) is 17.4 Å². The Hall–Kier alpha value is -3.74. The van der Waals surface area contributed by atoms with E-state index in [1.165, 1.54) is 0 Å². The van der Waals surface area contributed by atoms with Gasteiger partial charge in [-0.05, 0) is 38.5 Å². The SMILES string of the molecule is CCN(CC)c1nc2cc(C(=O)NCCCn3ccnc3)ccc2nc1-c1ccccc1. The van der Waals surface area contributed by atoms with Gasteiger partial charge in [-0.15, -0.1) is 0 Å². The van der Waals surface area contributed by atoms with Crippen molar-refractivity contribution >= 4 is 22.8 Å². The zero-order valence-electron chi connectivity index (χ0n) is 18.5. The predicted octanol–water partition coefficient (Wildman–Crippen LogP) is 4.16. The molecule has 4 aromatic rings. The number of aromatic nitrogens is 4. The van der Waals surface area contributed by atoms with Crippen LogP contribution in [-0.4, -0.2) is 45.1 Å². The maximum atomic E-state index is 12.7. The second-order valence-electron chi connectivity index (χ2n) is 7.55. The van der Waals surface area contributed by atoms with Crippen molar-refractivity contribution in [3.05, 3.63) is 72.8 Å². The van der Waals surface area contributed by atoms with Crippen molar-refractivity contribution in [2.75, 3.05) is 24.5 Å². The van der Waals surface area contributed by atoms with Gasteiger partial charge in [0.2, 0.25) is 0 Å². The standard InChI is InChI=1S/C25H28N6O/c1-3-31(4-2)24-23(19-9-6-5-7-10-19)28-21-12-11-20(17-22(21)29-24)25(32)27-13-8-15-30-16-14-26-18-30/h5-7,9-12,14,16-18H,3-4,8,13,15H2,1-2H3,(H,27,32). The van der Waals surface area contributed by atoms with Crippen LogP contribution in [-0.2, 0) is 6.54 Å². The summed E-state index contributed by atoms with van der Waals surface area (Å²) in [6, 6.07) is 15.6. The summed E-state index contributed by atoms with van der Waals surface area (Å²) in [5, 5.41) is 2.99. The number of rotatable bonds is 9. The molecule has 2 heterocycles. The monoisotopic (exact) mass is 428 g/mol. The van der Waals surface area contributed by atoms with Crippen molar-refractivity contribution in [1.29, 1.82) is 0 Å². The zero-order chi connectivity index (χ0) is 22.3. The topological polar surface area (TPSA) is 75.9 Å². The molecule has 2 aromatic carbocycles. The number of carbonyl (C=O) groups excluding carboxylic acids is 1. The minimum Gasteiger partial charge on any atom is -0.355 e. The Morgan fingerprint density at radius 2 is 1.84 bits per heavy atom. The van der Waals surface area contributed by atoms with E-state index < -0.39 is 0 Å². The number of anilines is 1. The summed E-state index contributed by atoms with van der Waals surface area (Å²) in [6.07, 6.45) is 6.29. The van der Waals surface area contributed by atoms with E-state index >= 15 is 0 Å². The van der Waals surface area contributed by atoms with Gasteiger partial charge in [-0.25, -0.2) is 15.0 Å². The second kappa shape index (κ2) is 10.0. The Bertz CT molecular complexity index is 1170. The lowest BCUT2D eigenvalue weighted by Crippen LogP contribution is -2.25. The molecule has 0 bridgehead atoms. The zero-order valence-corrected chi connectivity index (χ0v) is 18.5. The molecule has 0 atom stereocenters. The molecule has 0 saturated heterocycles. The molecule has 0 fully saturated rings. The fourth-order valence-electron chi connectivity index (χ4n) is 3.70. The molecule has 0 aliphatic carbocycles. The smallest absolute Gasteiger partial charge is 0.251 e. The molecular weight excluding hydrogens is 400 g/mol. The number of benzene rings is 2. The third-order valence-electron chi connectivity index (χ3n) is 5.46. The highest BCUT2D eigenvalue weighted by molar-refractivity contribution is 5.97. The van der Waals surface area contributed by atoms with Crippen molar-refractivity contribution in [3.63, 3.8) is 0 Å². The Morgan fingerprint density at radius 1 is 1.03 bits per heavy atom. The van der Waals surface area contributed by atoms with Crippen LogP contribution in [0.15, 0.2) is 67.3 Å². The van der Waals surface area contributed by atoms with Crippen LogP contribution >= 0.6 is 0 Å². The van der Waals surface area contributed by atoms with E-state index in [-0.39, 0.29) is 5.91 Å². The van der Waals surface area contributed by atoms with Gasteiger partial charge in [-0.1, -0.05) is 30.3 Å². The molecule has 1 amide bonds. The van der Waals surface area contributed by atoms with E-state index in [0.717, 1.165) is 54.2 Å². The van der Waals surface area contributed by atoms with E-state index in [4.69, 9.17) is 9.97 Å². The molecule has 32 heavy (non-hydrogen) atoms. The van der Waals surface area contributed by atoms with Gasteiger partial charge in [0.25, 0.3) is 5.91 Å². The molecule has 7 nitrogen and oxygen atoms in total. The highest BCUT2D eigenvalue weighted by atomic mass is 16.1. The first-order chi connectivity index (χ1) is 15.7. The van der Waals surface area contributed by atoms with Crippen molar-refractivity contribution in [2.45, 2.75) is 26.8 Å². The molecule has 2 aromatic heterocycles. The lowest BCUT2D eigenvalue weighted by molar-refractivity contribution is 0.0953. The van der Waals surface area contributed by atoms with Crippen LogP contribution in [0.3, 0.4) is 0 Å². The quantitative estimate of drug-likeness (QED) is 0.405. The van der Waals surface area contributed by atoms with Crippen molar-refractivity contribution in [3.8, 4) is 11.3 Å². The Balaban J connectivity index is 1.58. The summed E-state index contributed by atoms with van der Waals surface area (Å²) < 4.78 is 2.00. The number of aryl methyl sites for hydroxylation is 1. The van der Waals surface area contributed by atoms with Crippen LogP contribution in [0, 0.1) is 0 Å². The molecule has 0 saturated carbocycles. The molecule has 7 heteroatoms. The van der Waals surface area contributed by atoms with Gasteiger partial charge >= 0.3 is 0 Å². The van der Waals surface area contributed by atoms with Gasteiger partial charge in [-0.3, -0.25) is 4.79 Å². The molecule has 1 N–H and O–H groups in total. The first-order valence-electron chi connectivity index (χ1n) is 11.1. The highest BCUT2D eigenvalue weighted by Gasteiger charge is 2.16. The van der Waals surface area contributed by atoms with Gasteiger partial charge < -0.3 is 14.8 Å². The van der Waals surface area contributed by atoms with E-state index in [9.17, 15) is 4.79 Å². The van der Waals surface area contributed by atoms with Crippen LogP contribution in [0.4, 0.5) is 5.82 Å². The van der Waals surface area contributed by atoms with E-state index in [1.54, 1.807) is 12.5 Å². The summed E-state index contributed by atoms with van der Waals surface area (Å²) in [5.41, 5.74) is 3.98. The molecule has 4 rings (SSSR count).